The Morgan fingerprint density at radius 2 is 1.78 bits per heavy atom. The van der Waals surface area contributed by atoms with Crippen LogP contribution in [-0.2, 0) is 16.1 Å². The number of hydrogen-bond acceptors (Lipinski definition) is 6. The molecular weight excluding hydrogens is 478 g/mol. The van der Waals surface area contributed by atoms with E-state index in [1.165, 1.54) is 16.2 Å². The average molecular weight is 510 g/mol. The van der Waals surface area contributed by atoms with Gasteiger partial charge >= 0.3 is 6.09 Å². The molecule has 2 aromatic carbocycles. The second kappa shape index (κ2) is 12.6. The number of ether oxygens (including phenoxy) is 1. The van der Waals surface area contributed by atoms with Crippen LogP contribution >= 0.6 is 11.3 Å². The lowest BCUT2D eigenvalue weighted by Gasteiger charge is -2.24. The highest BCUT2D eigenvalue weighted by Crippen LogP contribution is 2.24. The molecule has 1 atom stereocenters. The first-order valence-electron chi connectivity index (χ1n) is 12.3. The first-order chi connectivity index (χ1) is 17.5. The van der Waals surface area contributed by atoms with E-state index in [0.29, 0.717) is 63.4 Å². The fourth-order valence-corrected chi connectivity index (χ4v) is 5.30. The van der Waals surface area contributed by atoms with E-state index in [1.807, 2.05) is 54.6 Å². The summed E-state index contributed by atoms with van der Waals surface area (Å²) in [4.78, 5) is 43.9. The summed E-state index contributed by atoms with van der Waals surface area (Å²) in [6, 6.07) is 16.3. The van der Waals surface area contributed by atoms with Gasteiger partial charge in [-0.25, -0.2) is 9.78 Å². The van der Waals surface area contributed by atoms with Crippen LogP contribution in [0.1, 0.15) is 47.5 Å². The molecule has 1 aliphatic rings. The second-order valence-corrected chi connectivity index (χ2v) is 10.0. The number of benzene rings is 2. The number of rotatable bonds is 11. The summed E-state index contributed by atoms with van der Waals surface area (Å²) < 4.78 is 6.29. The molecule has 0 bridgehead atoms. The van der Waals surface area contributed by atoms with Gasteiger partial charge < -0.3 is 20.1 Å². The van der Waals surface area contributed by atoms with Gasteiger partial charge in [0, 0.05) is 32.2 Å². The number of fused-ring (bicyclic) bond motifs is 1. The Hall–Kier alpha value is -3.30. The lowest BCUT2D eigenvalue weighted by atomic mass is 9.97. The van der Waals surface area contributed by atoms with Gasteiger partial charge in [-0.2, -0.15) is 0 Å². The second-order valence-electron chi connectivity index (χ2n) is 8.98. The van der Waals surface area contributed by atoms with Crippen molar-refractivity contribution in [1.82, 2.24) is 15.2 Å². The molecule has 4 rings (SSSR count). The van der Waals surface area contributed by atoms with Crippen LogP contribution in [0.4, 0.5) is 4.79 Å². The number of ketones is 1. The van der Waals surface area contributed by atoms with Gasteiger partial charge in [0.05, 0.1) is 16.3 Å². The summed E-state index contributed by atoms with van der Waals surface area (Å²) in [5.41, 5.74) is 1.69. The molecule has 0 unspecified atom stereocenters. The average Bonchev–Trinajstić information content (AvgIpc) is 3.34. The molecule has 8 nitrogen and oxygen atoms in total. The fourth-order valence-electron chi connectivity index (χ4n) is 4.34. The van der Waals surface area contributed by atoms with Crippen molar-refractivity contribution in [3.8, 4) is 0 Å². The van der Waals surface area contributed by atoms with Gasteiger partial charge in [-0.05, 0) is 49.8 Å². The molecule has 0 radical (unpaired) electrons. The van der Waals surface area contributed by atoms with Gasteiger partial charge in [-0.3, -0.25) is 9.59 Å². The standard InChI is InChI=1S/C27H31N3O5S/c31-24(26-29-21-10-4-5-12-23(21)36-26)22(28-25(32)20-13-16-35-17-14-20)11-6-7-15-30(27(33)34)18-19-8-2-1-3-9-19/h1-5,8-10,12,20,22H,6-7,11,13-18H2,(H,28,32)(H,33,34)/t22-/m0/s1. The minimum Gasteiger partial charge on any atom is -0.465 e. The highest BCUT2D eigenvalue weighted by atomic mass is 32.1. The molecular formula is C27H31N3O5S. The number of thiazole rings is 1. The summed E-state index contributed by atoms with van der Waals surface area (Å²) in [6.07, 6.45) is 1.89. The van der Waals surface area contributed by atoms with Crippen LogP contribution in [0.25, 0.3) is 10.2 Å². The topological polar surface area (TPSA) is 109 Å². The zero-order valence-corrected chi connectivity index (χ0v) is 20.9. The highest BCUT2D eigenvalue weighted by molar-refractivity contribution is 7.20. The molecule has 0 saturated carbocycles. The van der Waals surface area contributed by atoms with E-state index in [-0.39, 0.29) is 17.6 Å². The Labute approximate surface area is 214 Å². The highest BCUT2D eigenvalue weighted by Gasteiger charge is 2.29. The number of nitrogens with one attached hydrogen (secondary N) is 1. The van der Waals surface area contributed by atoms with Crippen molar-refractivity contribution >= 4 is 39.3 Å². The molecule has 2 amide bonds. The number of para-hydroxylation sites is 1. The molecule has 1 fully saturated rings. The van der Waals surface area contributed by atoms with Crippen LogP contribution in [-0.4, -0.2) is 58.6 Å². The molecule has 0 spiro atoms. The molecule has 2 heterocycles. The van der Waals surface area contributed by atoms with Gasteiger partial charge in [0.25, 0.3) is 0 Å². The molecule has 1 aromatic heterocycles. The Bertz CT molecular complexity index is 1140. The zero-order valence-electron chi connectivity index (χ0n) is 20.1. The van der Waals surface area contributed by atoms with Crippen LogP contribution in [0.3, 0.4) is 0 Å². The van der Waals surface area contributed by atoms with E-state index in [4.69, 9.17) is 4.74 Å². The smallest absolute Gasteiger partial charge is 0.407 e. The number of carbonyl (C=O) groups is 3. The predicted molar refractivity (Wildman–Crippen MR) is 138 cm³/mol. The van der Waals surface area contributed by atoms with Crippen molar-refractivity contribution in [1.29, 1.82) is 0 Å². The van der Waals surface area contributed by atoms with Crippen molar-refractivity contribution in [3.05, 3.63) is 65.2 Å². The maximum atomic E-state index is 13.4. The zero-order chi connectivity index (χ0) is 25.3. The SMILES string of the molecule is O=C(N[C@@H](CCCCN(Cc1ccccc1)C(=O)O)C(=O)c1nc2ccccc2s1)C1CCOCC1. The van der Waals surface area contributed by atoms with E-state index in [1.54, 1.807) is 0 Å². The van der Waals surface area contributed by atoms with Gasteiger partial charge in [0.2, 0.25) is 11.7 Å². The number of carbonyl (C=O) groups excluding carboxylic acids is 2. The number of carboxylic acid groups (broad SMARTS) is 1. The minimum atomic E-state index is -0.978. The number of unbranched alkanes of at least 4 members (excludes halogenated alkanes) is 1. The van der Waals surface area contributed by atoms with Crippen molar-refractivity contribution in [3.63, 3.8) is 0 Å². The molecule has 9 heteroatoms. The molecule has 2 N–H and O–H groups in total. The lowest BCUT2D eigenvalue weighted by molar-refractivity contribution is -0.128. The third kappa shape index (κ3) is 6.89. The summed E-state index contributed by atoms with van der Waals surface area (Å²) in [5, 5.41) is 13.0. The first-order valence-corrected chi connectivity index (χ1v) is 13.1. The van der Waals surface area contributed by atoms with Crippen molar-refractivity contribution in [2.24, 2.45) is 5.92 Å². The van der Waals surface area contributed by atoms with Crippen molar-refractivity contribution in [2.45, 2.75) is 44.7 Å². The third-order valence-electron chi connectivity index (χ3n) is 6.39. The maximum absolute atomic E-state index is 13.4. The Kier molecular flexibility index (Phi) is 9.02. The Morgan fingerprint density at radius 1 is 1.06 bits per heavy atom. The van der Waals surface area contributed by atoms with E-state index in [0.717, 1.165) is 15.8 Å². The number of amides is 2. The van der Waals surface area contributed by atoms with Crippen molar-refractivity contribution < 1.29 is 24.2 Å². The summed E-state index contributed by atoms with van der Waals surface area (Å²) >= 11 is 1.33. The summed E-state index contributed by atoms with van der Waals surface area (Å²) in [5.74, 6) is -0.497. The number of hydrogen-bond donors (Lipinski definition) is 2. The van der Waals surface area contributed by atoms with E-state index < -0.39 is 12.1 Å². The van der Waals surface area contributed by atoms with Gasteiger partial charge in [0.1, 0.15) is 0 Å². The largest absolute Gasteiger partial charge is 0.465 e. The van der Waals surface area contributed by atoms with Gasteiger partial charge in [-0.15, -0.1) is 11.3 Å². The predicted octanol–water partition coefficient (Wildman–Crippen LogP) is 4.74. The lowest BCUT2D eigenvalue weighted by Crippen LogP contribution is -2.45. The quantitative estimate of drug-likeness (QED) is 0.285. The number of aromatic nitrogens is 1. The van der Waals surface area contributed by atoms with Gasteiger partial charge in [0.15, 0.2) is 5.01 Å². The molecule has 1 aliphatic heterocycles. The van der Waals surface area contributed by atoms with Crippen LogP contribution in [0, 0.1) is 5.92 Å². The molecule has 0 aliphatic carbocycles. The summed E-state index contributed by atoms with van der Waals surface area (Å²) in [6.45, 7) is 1.74. The normalized spacial score (nSPS) is 14.9. The Morgan fingerprint density at radius 3 is 2.50 bits per heavy atom. The summed E-state index contributed by atoms with van der Waals surface area (Å²) in [7, 11) is 0. The third-order valence-corrected chi connectivity index (χ3v) is 7.44. The fraction of sp³-hybridized carbons (Fsp3) is 0.407. The van der Waals surface area contributed by atoms with Crippen molar-refractivity contribution in [2.75, 3.05) is 19.8 Å². The van der Waals surface area contributed by atoms with Crippen LogP contribution in [0.15, 0.2) is 54.6 Å². The first kappa shape index (κ1) is 25.8. The minimum absolute atomic E-state index is 0.131. The molecule has 36 heavy (non-hydrogen) atoms. The van der Waals surface area contributed by atoms with Crippen LogP contribution in [0.2, 0.25) is 0 Å². The molecule has 190 valence electrons. The Balaban J connectivity index is 1.39. The van der Waals surface area contributed by atoms with E-state index in [9.17, 15) is 19.5 Å². The van der Waals surface area contributed by atoms with Crippen LogP contribution < -0.4 is 5.32 Å². The number of nitrogens with zero attached hydrogens (tertiary/aromatic N) is 2. The maximum Gasteiger partial charge on any atom is 0.407 e. The molecule has 1 saturated heterocycles. The van der Waals surface area contributed by atoms with E-state index >= 15 is 0 Å². The van der Waals surface area contributed by atoms with Crippen LogP contribution in [0.5, 0.6) is 0 Å². The van der Waals surface area contributed by atoms with E-state index in [2.05, 4.69) is 10.3 Å². The van der Waals surface area contributed by atoms with Gasteiger partial charge in [-0.1, -0.05) is 42.5 Å². The number of Topliss-reactive ketones (excluding diaryl/α,β-unsaturated/α-hetero) is 1. The molecule has 3 aromatic rings. The monoisotopic (exact) mass is 509 g/mol.